The van der Waals surface area contributed by atoms with Gasteiger partial charge in [-0.2, -0.15) is 8.42 Å². The largest absolute Gasteiger partial charge is 0.507 e. The molecule has 0 fully saturated rings. The van der Waals surface area contributed by atoms with Gasteiger partial charge in [-0.15, -0.1) is 20.5 Å². The number of rotatable bonds is 6. The Labute approximate surface area is 225 Å². The molecule has 0 saturated heterocycles. The van der Waals surface area contributed by atoms with E-state index < -0.39 is 33.1 Å². The molecular formula is C27H18N4O8S. The van der Waals surface area contributed by atoms with Crippen molar-refractivity contribution in [1.29, 1.82) is 0 Å². The second-order valence-electron chi connectivity index (χ2n) is 8.44. The van der Waals surface area contributed by atoms with E-state index in [1.807, 2.05) is 0 Å². The summed E-state index contributed by atoms with van der Waals surface area (Å²) in [5.74, 6) is -3.19. The zero-order valence-electron chi connectivity index (χ0n) is 20.2. The third-order valence-corrected chi connectivity index (χ3v) is 6.92. The lowest BCUT2D eigenvalue weighted by atomic mass is 10.1. The number of carboxylic acids is 1. The molecule has 0 saturated carbocycles. The molecule has 5 rings (SSSR count). The molecule has 0 unspecified atom stereocenters. The van der Waals surface area contributed by atoms with Crippen molar-refractivity contribution in [3.63, 3.8) is 0 Å². The number of carbonyl (C=O) groups is 1. The van der Waals surface area contributed by atoms with Crippen molar-refractivity contribution in [2.75, 3.05) is 0 Å². The van der Waals surface area contributed by atoms with Crippen LogP contribution < -0.4 is 0 Å². The summed E-state index contributed by atoms with van der Waals surface area (Å²) in [4.78, 5) is 11.0. The highest BCUT2D eigenvalue weighted by Gasteiger charge is 2.19. The Hall–Kier alpha value is -5.40. The fourth-order valence-electron chi connectivity index (χ4n) is 4.13. The van der Waals surface area contributed by atoms with Crippen LogP contribution in [-0.4, -0.2) is 39.4 Å². The number of fused-ring (bicyclic) bond motifs is 2. The molecule has 0 aliphatic rings. The van der Waals surface area contributed by atoms with Crippen molar-refractivity contribution >= 4 is 60.4 Å². The molecule has 5 N–H and O–H groups in total. The Morgan fingerprint density at radius 3 is 1.65 bits per heavy atom. The zero-order valence-corrected chi connectivity index (χ0v) is 21.0. The van der Waals surface area contributed by atoms with Gasteiger partial charge in [0.1, 0.15) is 27.6 Å². The van der Waals surface area contributed by atoms with Gasteiger partial charge < -0.3 is 20.4 Å². The van der Waals surface area contributed by atoms with Crippen LogP contribution in [-0.2, 0) is 10.1 Å². The molecule has 0 spiro atoms. The molecule has 0 aromatic heterocycles. The number of phenolic OH excluding ortho intramolecular Hbond substituents is 1. The van der Waals surface area contributed by atoms with Gasteiger partial charge in [0, 0.05) is 21.5 Å². The molecule has 0 heterocycles. The second-order valence-corrected chi connectivity index (χ2v) is 9.83. The maximum absolute atomic E-state index is 11.7. The monoisotopic (exact) mass is 558 g/mol. The molecule has 200 valence electrons. The van der Waals surface area contributed by atoms with Crippen molar-refractivity contribution in [3.05, 3.63) is 84.4 Å². The molecule has 40 heavy (non-hydrogen) atoms. The molecule has 0 aliphatic carbocycles. The first-order valence-electron chi connectivity index (χ1n) is 11.4. The van der Waals surface area contributed by atoms with Crippen molar-refractivity contribution in [2.45, 2.75) is 4.90 Å². The van der Waals surface area contributed by atoms with E-state index in [4.69, 9.17) is 0 Å². The lowest BCUT2D eigenvalue weighted by molar-refractivity contribution is 0.0690. The van der Waals surface area contributed by atoms with Crippen LogP contribution in [0.5, 0.6) is 17.2 Å². The van der Waals surface area contributed by atoms with Crippen molar-refractivity contribution in [3.8, 4) is 17.2 Å². The minimum Gasteiger partial charge on any atom is -0.507 e. The number of hydrogen-bond acceptors (Lipinski definition) is 10. The number of nitrogens with zero attached hydrogens (tertiary/aromatic N) is 4. The maximum atomic E-state index is 11.7. The molecule has 0 aliphatic heterocycles. The summed E-state index contributed by atoms with van der Waals surface area (Å²) in [6.45, 7) is 0. The SMILES string of the molecule is O=C(O)c1c(O)ccc(N=Nc2ccc(N=Nc3ccc4c(S(=O)(=O)O)cccc4c3O)c3ccccc23)c1O. The number of hydrogen-bond donors (Lipinski definition) is 5. The minimum absolute atomic E-state index is 0.0601. The van der Waals surface area contributed by atoms with Crippen LogP contribution >= 0.6 is 0 Å². The molecule has 0 radical (unpaired) electrons. The Bertz CT molecular complexity index is 2010. The van der Waals surface area contributed by atoms with Gasteiger partial charge >= 0.3 is 5.97 Å². The predicted molar refractivity (Wildman–Crippen MR) is 144 cm³/mol. The van der Waals surface area contributed by atoms with Crippen molar-refractivity contribution in [2.24, 2.45) is 20.5 Å². The molecule has 0 bridgehead atoms. The third-order valence-electron chi connectivity index (χ3n) is 6.01. The summed E-state index contributed by atoms with van der Waals surface area (Å²) < 4.78 is 32.8. The number of azo groups is 2. The zero-order chi connectivity index (χ0) is 28.6. The number of carboxylic acid groups (broad SMARTS) is 1. The Morgan fingerprint density at radius 1 is 0.575 bits per heavy atom. The number of phenols is 3. The van der Waals surface area contributed by atoms with Crippen LogP contribution in [0.1, 0.15) is 10.4 Å². The molecule has 0 amide bonds. The highest BCUT2D eigenvalue weighted by Crippen LogP contribution is 2.41. The van der Waals surface area contributed by atoms with Crippen LogP contribution in [0.3, 0.4) is 0 Å². The van der Waals surface area contributed by atoms with E-state index >= 15 is 0 Å². The summed E-state index contributed by atoms with van der Waals surface area (Å²) in [6, 6.07) is 19.4. The van der Waals surface area contributed by atoms with Crippen LogP contribution in [0, 0.1) is 0 Å². The quantitative estimate of drug-likeness (QED) is 0.109. The highest BCUT2D eigenvalue weighted by atomic mass is 32.2. The first-order chi connectivity index (χ1) is 19.1. The van der Waals surface area contributed by atoms with E-state index in [0.717, 1.165) is 6.07 Å². The third kappa shape index (κ3) is 4.77. The summed E-state index contributed by atoms with van der Waals surface area (Å²) >= 11 is 0. The van der Waals surface area contributed by atoms with E-state index in [9.17, 15) is 38.2 Å². The number of benzene rings is 5. The first kappa shape index (κ1) is 26.2. The number of aromatic carboxylic acids is 1. The highest BCUT2D eigenvalue weighted by molar-refractivity contribution is 7.86. The first-order valence-corrected chi connectivity index (χ1v) is 12.9. The topological polar surface area (TPSA) is 202 Å². The average molecular weight is 559 g/mol. The Kier molecular flexibility index (Phi) is 6.59. The van der Waals surface area contributed by atoms with Crippen molar-refractivity contribution in [1.82, 2.24) is 0 Å². The lowest BCUT2D eigenvalue weighted by Crippen LogP contribution is -1.98. The summed E-state index contributed by atoms with van der Waals surface area (Å²) in [5, 5.41) is 57.8. The molecule has 5 aromatic rings. The predicted octanol–water partition coefficient (Wildman–Crippen LogP) is 6.89. The van der Waals surface area contributed by atoms with Crippen molar-refractivity contribution < 1.29 is 38.2 Å². The molecule has 13 heteroatoms. The fraction of sp³-hybridized carbons (Fsp3) is 0. The van der Waals surface area contributed by atoms with Crippen LogP contribution in [0.15, 0.2) is 104 Å². The smallest absolute Gasteiger partial charge is 0.343 e. The van der Waals surface area contributed by atoms with E-state index in [0.29, 0.717) is 22.1 Å². The Morgan fingerprint density at radius 2 is 1.07 bits per heavy atom. The van der Waals surface area contributed by atoms with E-state index in [1.54, 1.807) is 36.4 Å². The van der Waals surface area contributed by atoms with Gasteiger partial charge in [0.15, 0.2) is 11.5 Å². The average Bonchev–Trinajstić information content (AvgIpc) is 2.92. The summed E-state index contributed by atoms with van der Waals surface area (Å²) in [5.41, 5.74) is -0.0216. The minimum atomic E-state index is -4.51. The molecule has 0 atom stereocenters. The van der Waals surface area contributed by atoms with Gasteiger partial charge in [-0.25, -0.2) is 4.79 Å². The fourth-order valence-corrected chi connectivity index (χ4v) is 4.83. The molecule has 5 aromatic carbocycles. The van der Waals surface area contributed by atoms with Gasteiger partial charge in [-0.1, -0.05) is 42.5 Å². The molecular weight excluding hydrogens is 540 g/mol. The van der Waals surface area contributed by atoms with Crippen LogP contribution in [0.25, 0.3) is 21.5 Å². The number of aromatic hydroxyl groups is 3. The second kappa shape index (κ2) is 10.1. The standard InChI is InChI=1S/C27H18N4O8S/c32-22-13-12-21(26(34)24(22)27(35)36)31-29-19-11-10-18(14-4-1-2-5-15(14)19)28-30-20-9-8-16-17(25(20)33)6-3-7-23(16)40(37,38)39/h1-13,32-34H,(H,35,36)(H,37,38,39). The van der Waals surface area contributed by atoms with Gasteiger partial charge in [0.25, 0.3) is 10.1 Å². The van der Waals surface area contributed by atoms with Gasteiger partial charge in [-0.05, 0) is 36.4 Å². The summed E-state index contributed by atoms with van der Waals surface area (Å²) in [7, 11) is -4.51. The molecule has 12 nitrogen and oxygen atoms in total. The van der Waals surface area contributed by atoms with Crippen LogP contribution in [0.4, 0.5) is 22.7 Å². The normalized spacial score (nSPS) is 12.1. The van der Waals surface area contributed by atoms with Crippen LogP contribution in [0.2, 0.25) is 0 Å². The van der Waals surface area contributed by atoms with E-state index in [1.165, 1.54) is 36.4 Å². The summed E-state index contributed by atoms with van der Waals surface area (Å²) in [6.07, 6.45) is 0. The maximum Gasteiger partial charge on any atom is 0.343 e. The Balaban J connectivity index is 1.53. The van der Waals surface area contributed by atoms with E-state index in [-0.39, 0.29) is 32.8 Å². The van der Waals surface area contributed by atoms with Gasteiger partial charge in [-0.3, -0.25) is 4.55 Å². The van der Waals surface area contributed by atoms with Gasteiger partial charge in [0.05, 0.1) is 11.4 Å². The lowest BCUT2D eigenvalue weighted by Gasteiger charge is -2.08. The van der Waals surface area contributed by atoms with Gasteiger partial charge in [0.2, 0.25) is 0 Å². The van der Waals surface area contributed by atoms with E-state index in [2.05, 4.69) is 20.5 Å².